The van der Waals surface area contributed by atoms with Gasteiger partial charge in [0.2, 0.25) is 11.5 Å². The molecule has 9 aromatic carbocycles. The Morgan fingerprint density at radius 3 is 1.07 bits per heavy atom. The fourth-order valence-electron chi connectivity index (χ4n) is 11.2. The molecule has 2 aromatic heterocycles. The molecule has 8 N–H and O–H groups in total. The summed E-state index contributed by atoms with van der Waals surface area (Å²) < 4.78 is 0. The van der Waals surface area contributed by atoms with Crippen molar-refractivity contribution < 1.29 is 40.9 Å². The van der Waals surface area contributed by atoms with E-state index in [4.69, 9.17) is 29.9 Å². The molecule has 2 aliphatic rings. The number of phenols is 8. The number of nitrogens with zero attached hydrogens (tertiary/aromatic N) is 6. The van der Waals surface area contributed by atoms with E-state index in [-0.39, 0.29) is 68.3 Å². The SMILES string of the molecule is Oc1c(O)c(-c2cccc(C3(c4cccc(-c5c(O)c(O)c(O)c(-c6nc(-c7ccccc7)nc(-c7ccccc7)n6)c5O)c4)c4ccccc4-c4ccccc43)c2)c(O)c(-c2nc(C3=CCCC=C3)nc(-c3ccccc3)n2)c1O. The molecule has 0 radical (unpaired) electrons. The second kappa shape index (κ2) is 19.7. The number of aromatic hydroxyl groups is 8. The highest BCUT2D eigenvalue weighted by atomic mass is 16.3. The molecule has 13 rings (SSSR count). The van der Waals surface area contributed by atoms with Crippen molar-refractivity contribution in [2.75, 3.05) is 0 Å². The number of allylic oxidation sites excluding steroid dienone is 4. The van der Waals surface area contributed by atoms with Gasteiger partial charge in [0.15, 0.2) is 57.9 Å². The van der Waals surface area contributed by atoms with Gasteiger partial charge in [0, 0.05) is 22.3 Å². The first-order valence-electron chi connectivity index (χ1n) is 26.0. The van der Waals surface area contributed by atoms with Crippen LogP contribution in [0, 0.1) is 0 Å². The van der Waals surface area contributed by atoms with E-state index in [1.54, 1.807) is 36.4 Å². The quantitative estimate of drug-likeness (QED) is 0.0470. The Bertz CT molecular complexity index is 4300. The summed E-state index contributed by atoms with van der Waals surface area (Å²) in [6, 6.07) is 57.3. The lowest BCUT2D eigenvalue weighted by Gasteiger charge is -2.34. The molecule has 0 unspecified atom stereocenters. The van der Waals surface area contributed by atoms with Crippen LogP contribution in [0.15, 0.2) is 206 Å². The average Bonchev–Trinajstić information content (AvgIpc) is 3.60. The number of hydrogen-bond acceptors (Lipinski definition) is 14. The number of rotatable bonds is 10. The van der Waals surface area contributed by atoms with E-state index in [1.807, 2.05) is 170 Å². The van der Waals surface area contributed by atoms with Crippen LogP contribution < -0.4 is 0 Å². The first kappa shape index (κ1) is 49.5. The molecule has 14 nitrogen and oxygen atoms in total. The minimum absolute atomic E-state index is 0.160. The summed E-state index contributed by atoms with van der Waals surface area (Å²) in [5, 5.41) is 95.5. The van der Waals surface area contributed by atoms with Crippen molar-refractivity contribution in [1.82, 2.24) is 29.9 Å². The van der Waals surface area contributed by atoms with Crippen LogP contribution >= 0.6 is 0 Å². The third-order valence-electron chi connectivity index (χ3n) is 15.0. The Morgan fingerprint density at radius 1 is 0.296 bits per heavy atom. The molecule has 0 aliphatic heterocycles. The lowest BCUT2D eigenvalue weighted by Crippen LogP contribution is -2.28. The molecule has 14 heteroatoms. The maximum absolute atomic E-state index is 12.5. The zero-order valence-corrected chi connectivity index (χ0v) is 42.8. The van der Waals surface area contributed by atoms with Crippen molar-refractivity contribution in [3.05, 3.63) is 234 Å². The van der Waals surface area contributed by atoms with Gasteiger partial charge < -0.3 is 40.9 Å². The highest BCUT2D eigenvalue weighted by molar-refractivity contribution is 5.95. The molecule has 11 aromatic rings. The molecular formula is C67H46N6O8. The van der Waals surface area contributed by atoms with E-state index in [2.05, 4.69) is 0 Å². The number of hydrogen-bond donors (Lipinski definition) is 8. The van der Waals surface area contributed by atoms with Crippen molar-refractivity contribution in [2.45, 2.75) is 18.3 Å². The van der Waals surface area contributed by atoms with Gasteiger partial charge in [-0.1, -0.05) is 194 Å². The van der Waals surface area contributed by atoms with Crippen LogP contribution in [0.4, 0.5) is 0 Å². The molecule has 2 heterocycles. The van der Waals surface area contributed by atoms with E-state index < -0.39 is 51.4 Å². The molecule has 0 amide bonds. The van der Waals surface area contributed by atoms with Crippen LogP contribution in [-0.2, 0) is 5.41 Å². The maximum Gasteiger partial charge on any atom is 0.202 e. The predicted molar refractivity (Wildman–Crippen MR) is 308 cm³/mol. The third kappa shape index (κ3) is 8.11. The standard InChI is InChI=1S/C67H46N6O8/c74-53-49(55(76)59(80)57(78)51(53)65-70-61(37-19-5-1-6-20-37)68-62(71-65)38-21-7-2-8-22-38)41-27-17-29-43(35-41)67(47-33-15-13-31-45(47)46-32-14-16-34-48(46)67)44-30-18-28-42(36-44)50-54(75)52(58(79)60(81)56(50)77)66-72-63(39-23-9-3-10-24-39)69-64(73-66)40-25-11-4-12-26-40/h1-3,5-11,13-36,74-81H,4,12H2. The zero-order valence-electron chi connectivity index (χ0n) is 42.8. The maximum atomic E-state index is 12.5. The van der Waals surface area contributed by atoms with Crippen molar-refractivity contribution in [2.24, 2.45) is 0 Å². The van der Waals surface area contributed by atoms with Gasteiger partial charge in [-0.25, -0.2) is 29.9 Å². The fourth-order valence-corrected chi connectivity index (χ4v) is 11.2. The molecule has 2 aliphatic carbocycles. The van der Waals surface area contributed by atoms with E-state index in [1.165, 1.54) is 0 Å². The number of aromatic nitrogens is 6. The van der Waals surface area contributed by atoms with Gasteiger partial charge in [-0.2, -0.15) is 0 Å². The van der Waals surface area contributed by atoms with Gasteiger partial charge >= 0.3 is 0 Å². The normalized spacial score (nSPS) is 13.1. The van der Waals surface area contributed by atoms with Crippen LogP contribution in [0.1, 0.15) is 40.9 Å². The van der Waals surface area contributed by atoms with Crippen LogP contribution in [0.5, 0.6) is 46.0 Å². The van der Waals surface area contributed by atoms with Crippen molar-refractivity contribution in [3.8, 4) is 136 Å². The summed E-state index contributed by atoms with van der Waals surface area (Å²) in [7, 11) is 0. The third-order valence-corrected chi connectivity index (χ3v) is 15.0. The topological polar surface area (TPSA) is 239 Å². The molecule has 81 heavy (non-hydrogen) atoms. The second-order valence-electron chi connectivity index (χ2n) is 19.6. The Labute approximate surface area is 463 Å². The van der Waals surface area contributed by atoms with E-state index >= 15 is 0 Å². The first-order valence-corrected chi connectivity index (χ1v) is 26.0. The van der Waals surface area contributed by atoms with Gasteiger partial charge in [0.25, 0.3) is 0 Å². The van der Waals surface area contributed by atoms with E-state index in [9.17, 15) is 40.9 Å². The molecule has 392 valence electrons. The van der Waals surface area contributed by atoms with E-state index in [0.717, 1.165) is 35.1 Å². The van der Waals surface area contributed by atoms with Crippen molar-refractivity contribution >= 4 is 5.57 Å². The molecule has 0 atom stereocenters. The van der Waals surface area contributed by atoms with Crippen LogP contribution in [0.2, 0.25) is 0 Å². The second-order valence-corrected chi connectivity index (χ2v) is 19.6. The zero-order chi connectivity index (χ0) is 55.5. The highest BCUT2D eigenvalue weighted by Crippen LogP contribution is 2.60. The smallest absolute Gasteiger partial charge is 0.202 e. The average molecular weight is 1060 g/mol. The number of benzene rings is 9. The van der Waals surface area contributed by atoms with Crippen LogP contribution in [-0.4, -0.2) is 70.8 Å². The molecule has 0 saturated carbocycles. The minimum Gasteiger partial charge on any atom is -0.506 e. The van der Waals surface area contributed by atoms with Gasteiger partial charge in [-0.15, -0.1) is 0 Å². The lowest BCUT2D eigenvalue weighted by molar-refractivity contribution is 0.363. The fraction of sp³-hybridized carbons (Fsp3) is 0.0448. The molecule has 0 fully saturated rings. The lowest BCUT2D eigenvalue weighted by atomic mass is 9.67. The Balaban J connectivity index is 1.01. The summed E-state index contributed by atoms with van der Waals surface area (Å²) in [4.78, 5) is 28.4. The molecule has 0 saturated heterocycles. The van der Waals surface area contributed by atoms with Crippen molar-refractivity contribution in [3.63, 3.8) is 0 Å². The van der Waals surface area contributed by atoms with Gasteiger partial charge in [-0.3, -0.25) is 0 Å². The number of phenolic OH excluding ortho intramolecular Hbond substituents is 8. The summed E-state index contributed by atoms with van der Waals surface area (Å²) in [5.41, 5.74) is 5.32. The van der Waals surface area contributed by atoms with Crippen LogP contribution in [0.25, 0.3) is 95.9 Å². The largest absolute Gasteiger partial charge is 0.506 e. The predicted octanol–water partition coefficient (Wildman–Crippen LogP) is 13.5. The summed E-state index contributed by atoms with van der Waals surface area (Å²) >= 11 is 0. The highest BCUT2D eigenvalue weighted by Gasteiger charge is 2.46. The van der Waals surface area contributed by atoms with Gasteiger partial charge in [-0.05, 0) is 69.5 Å². The Kier molecular flexibility index (Phi) is 12.0. The summed E-state index contributed by atoms with van der Waals surface area (Å²) in [5.74, 6) is -5.79. The summed E-state index contributed by atoms with van der Waals surface area (Å²) in [6.45, 7) is 0. The molecular weight excluding hydrogens is 1020 g/mol. The van der Waals surface area contributed by atoms with Gasteiger partial charge in [0.1, 0.15) is 22.6 Å². The van der Waals surface area contributed by atoms with E-state index in [0.29, 0.717) is 33.4 Å². The molecule has 0 spiro atoms. The number of fused-ring (bicyclic) bond motifs is 3. The Morgan fingerprint density at radius 2 is 0.654 bits per heavy atom. The molecule has 0 bridgehead atoms. The van der Waals surface area contributed by atoms with Crippen LogP contribution in [0.3, 0.4) is 0 Å². The monoisotopic (exact) mass is 1060 g/mol. The summed E-state index contributed by atoms with van der Waals surface area (Å²) in [6.07, 6.45) is 7.46. The van der Waals surface area contributed by atoms with Gasteiger partial charge in [0.05, 0.1) is 16.5 Å². The minimum atomic E-state index is -1.24. The van der Waals surface area contributed by atoms with Crippen molar-refractivity contribution in [1.29, 1.82) is 0 Å². The Hall–Kier alpha value is -11.1. The first-order chi connectivity index (χ1) is 39.5.